The molecule has 2 atom stereocenters. The Kier molecular flexibility index (Phi) is 10.6. The minimum atomic E-state index is -1.52. The summed E-state index contributed by atoms with van der Waals surface area (Å²) in [5, 5.41) is 1.59. The highest BCUT2D eigenvalue weighted by molar-refractivity contribution is 7.05. The van der Waals surface area contributed by atoms with E-state index in [4.69, 9.17) is 0 Å². The Hall–Kier alpha value is 0.0444. The second-order valence-electron chi connectivity index (χ2n) is 13.7. The Bertz CT molecular complexity index is 558. The first-order chi connectivity index (χ1) is 12.7. The summed E-state index contributed by atoms with van der Waals surface area (Å²) in [6.45, 7) is 35.3. The van der Waals surface area contributed by atoms with Crippen molar-refractivity contribution in [3.63, 3.8) is 0 Å². The van der Waals surface area contributed by atoms with Gasteiger partial charge in [-0.1, -0.05) is 140 Å². The van der Waals surface area contributed by atoms with Gasteiger partial charge in [-0.3, -0.25) is 0 Å². The zero-order chi connectivity index (χ0) is 23.3. The monoisotopic (exact) mass is 480 g/mol. The lowest BCUT2D eigenvalue weighted by atomic mass is 10.5. The van der Waals surface area contributed by atoms with Crippen LogP contribution in [0.2, 0.25) is 102 Å². The quantitative estimate of drug-likeness (QED) is 0.216. The van der Waals surface area contributed by atoms with Crippen LogP contribution < -0.4 is 0 Å². The number of hydrogen-bond acceptors (Lipinski definition) is 0. The van der Waals surface area contributed by atoms with E-state index in [1.807, 2.05) is 0 Å². The first-order valence-electron chi connectivity index (χ1n) is 11.4. The van der Waals surface area contributed by atoms with E-state index < -0.39 is 40.4 Å². The van der Waals surface area contributed by atoms with Crippen molar-refractivity contribution in [2.75, 3.05) is 0 Å². The van der Waals surface area contributed by atoms with Gasteiger partial charge in [0.25, 0.3) is 0 Å². The van der Waals surface area contributed by atoms with E-state index >= 15 is 0 Å². The molecule has 5 heteroatoms. The van der Waals surface area contributed by atoms with Gasteiger partial charge in [-0.15, -0.1) is 0 Å². The predicted molar refractivity (Wildman–Crippen MR) is 155 cm³/mol. The summed E-state index contributed by atoms with van der Waals surface area (Å²) < 4.78 is 0. The SMILES string of the molecule is C[Si](C)(C)C=CC=CC([Si](C)(C)C)[Si](C)(C)C(C=CC=C[Si](C)(C)C)[Si](C)(C)C. The lowest BCUT2D eigenvalue weighted by Gasteiger charge is -2.47. The van der Waals surface area contributed by atoms with Crippen LogP contribution in [0, 0.1) is 0 Å². The molecule has 0 rings (SSSR count). The molecule has 0 spiro atoms. The molecule has 0 aromatic carbocycles. The van der Waals surface area contributed by atoms with Crippen LogP contribution in [-0.2, 0) is 0 Å². The van der Waals surface area contributed by atoms with Crippen molar-refractivity contribution in [2.24, 2.45) is 0 Å². The summed E-state index contributed by atoms with van der Waals surface area (Å²) in [7, 11) is -6.39. The van der Waals surface area contributed by atoms with Crippen LogP contribution in [0.1, 0.15) is 0 Å². The molecule has 0 N–H and O–H groups in total. The van der Waals surface area contributed by atoms with Crippen LogP contribution in [0.5, 0.6) is 0 Å². The fraction of sp³-hybridized carbons (Fsp3) is 0.667. The molecule has 0 aliphatic rings. The summed E-state index contributed by atoms with van der Waals surface area (Å²) in [4.78, 5) is 0. The van der Waals surface area contributed by atoms with E-state index in [-0.39, 0.29) is 0 Å². The largest absolute Gasteiger partial charge is 0.0950 e. The minimum Gasteiger partial charge on any atom is -0.0950 e. The zero-order valence-corrected chi connectivity index (χ0v) is 27.3. The van der Waals surface area contributed by atoms with Crippen molar-refractivity contribution in [3.8, 4) is 0 Å². The van der Waals surface area contributed by atoms with Crippen molar-refractivity contribution in [2.45, 2.75) is 102 Å². The van der Waals surface area contributed by atoms with Crippen molar-refractivity contribution < 1.29 is 0 Å². The maximum Gasteiger partial charge on any atom is 0.0686 e. The van der Waals surface area contributed by atoms with Gasteiger partial charge in [-0.2, -0.15) is 0 Å². The number of allylic oxidation sites excluding steroid dienone is 6. The standard InChI is InChI=1S/C24H52Si5/c1-25(2,3)21-17-15-19-23(27(7,8)9)29(13,14)24(28(10,11)12)20-16-18-22-26(4,5)6/h15-24H,1-14H3. The third-order valence-electron chi connectivity index (χ3n) is 5.49. The fourth-order valence-electron chi connectivity index (χ4n) is 4.54. The number of hydrogen-bond donors (Lipinski definition) is 0. The van der Waals surface area contributed by atoms with Gasteiger partial charge >= 0.3 is 0 Å². The fourth-order valence-corrected chi connectivity index (χ4v) is 28.3. The van der Waals surface area contributed by atoms with E-state index in [1.165, 1.54) is 0 Å². The van der Waals surface area contributed by atoms with E-state index in [1.54, 1.807) is 0 Å². The van der Waals surface area contributed by atoms with Crippen molar-refractivity contribution in [1.82, 2.24) is 0 Å². The minimum absolute atomic E-state index is 0.795. The Labute approximate surface area is 189 Å². The molecule has 0 bridgehead atoms. The third kappa shape index (κ3) is 11.9. The maximum absolute atomic E-state index is 2.68. The van der Waals surface area contributed by atoms with Gasteiger partial charge in [0.2, 0.25) is 0 Å². The lowest BCUT2D eigenvalue weighted by molar-refractivity contribution is 1.20. The van der Waals surface area contributed by atoms with Gasteiger partial charge in [0, 0.05) is 16.1 Å². The smallest absolute Gasteiger partial charge is 0.0686 e. The number of rotatable bonds is 10. The van der Waals surface area contributed by atoms with E-state index in [0.29, 0.717) is 0 Å². The molecule has 0 nitrogen and oxygen atoms in total. The van der Waals surface area contributed by atoms with Crippen LogP contribution in [0.4, 0.5) is 0 Å². The third-order valence-corrected chi connectivity index (χ3v) is 25.2. The molecule has 0 aliphatic carbocycles. The van der Waals surface area contributed by atoms with E-state index in [2.05, 4.69) is 140 Å². The van der Waals surface area contributed by atoms with E-state index in [0.717, 1.165) is 10.3 Å². The highest BCUT2D eigenvalue weighted by Gasteiger charge is 2.47. The Balaban J connectivity index is 6.01. The van der Waals surface area contributed by atoms with Crippen molar-refractivity contribution in [3.05, 3.63) is 47.9 Å². The molecule has 0 aromatic heterocycles. The second kappa shape index (κ2) is 10.6. The first-order valence-corrected chi connectivity index (χ1v) is 28.9. The van der Waals surface area contributed by atoms with Crippen LogP contribution in [0.15, 0.2) is 47.9 Å². The first kappa shape index (κ1) is 29.0. The molecule has 0 saturated carbocycles. The van der Waals surface area contributed by atoms with Gasteiger partial charge in [-0.05, 0) is 10.3 Å². The molecule has 0 heterocycles. The molecule has 0 aromatic rings. The zero-order valence-electron chi connectivity index (χ0n) is 22.3. The summed E-state index contributed by atoms with van der Waals surface area (Å²) in [5.74, 6) is 0. The Morgan fingerprint density at radius 1 is 0.414 bits per heavy atom. The van der Waals surface area contributed by atoms with Gasteiger partial charge in [-0.25, -0.2) is 0 Å². The summed E-state index contributed by atoms with van der Waals surface area (Å²) in [6.07, 6.45) is 14.7. The topological polar surface area (TPSA) is 0 Å². The molecule has 0 amide bonds. The molecular weight excluding hydrogens is 429 g/mol. The van der Waals surface area contributed by atoms with Crippen LogP contribution >= 0.6 is 0 Å². The molecule has 0 radical (unpaired) electrons. The van der Waals surface area contributed by atoms with Gasteiger partial charge in [0.1, 0.15) is 0 Å². The molecule has 0 aliphatic heterocycles. The van der Waals surface area contributed by atoms with Crippen molar-refractivity contribution >= 4 is 40.4 Å². The summed E-state index contributed by atoms with van der Waals surface area (Å²) in [6, 6.07) is 0. The molecule has 0 fully saturated rings. The predicted octanol–water partition coefficient (Wildman–Crippen LogP) is 9.17. The van der Waals surface area contributed by atoms with Gasteiger partial charge in [0.15, 0.2) is 0 Å². The second-order valence-corrected chi connectivity index (χ2v) is 40.6. The molecule has 29 heavy (non-hydrogen) atoms. The Morgan fingerprint density at radius 2 is 0.690 bits per heavy atom. The van der Waals surface area contributed by atoms with Crippen molar-refractivity contribution in [1.29, 1.82) is 0 Å². The normalized spacial score (nSPS) is 17.9. The van der Waals surface area contributed by atoms with Gasteiger partial charge < -0.3 is 0 Å². The molecular formula is C24H52Si5. The average molecular weight is 481 g/mol. The average Bonchev–Trinajstić information content (AvgIpc) is 2.40. The van der Waals surface area contributed by atoms with Crippen LogP contribution in [-0.4, -0.2) is 40.4 Å². The molecule has 0 saturated heterocycles. The summed E-state index contributed by atoms with van der Waals surface area (Å²) in [5.41, 5.74) is 4.94. The Morgan fingerprint density at radius 3 is 0.897 bits per heavy atom. The lowest BCUT2D eigenvalue weighted by Crippen LogP contribution is -2.53. The van der Waals surface area contributed by atoms with Gasteiger partial charge in [0.05, 0.1) is 24.2 Å². The molecule has 168 valence electrons. The summed E-state index contributed by atoms with van der Waals surface area (Å²) >= 11 is 0. The van der Waals surface area contributed by atoms with Crippen LogP contribution in [0.25, 0.3) is 0 Å². The van der Waals surface area contributed by atoms with E-state index in [9.17, 15) is 0 Å². The molecule has 2 unspecified atom stereocenters. The highest BCUT2D eigenvalue weighted by Crippen LogP contribution is 2.45. The van der Waals surface area contributed by atoms with Crippen LogP contribution in [0.3, 0.4) is 0 Å². The highest BCUT2D eigenvalue weighted by atomic mass is 28.4. The maximum atomic E-state index is 2.68.